The van der Waals surface area contributed by atoms with Crippen molar-refractivity contribution >= 4 is 15.9 Å². The van der Waals surface area contributed by atoms with Crippen LogP contribution in [0.1, 0.15) is 33.3 Å². The zero-order valence-corrected chi connectivity index (χ0v) is 14.4. The summed E-state index contributed by atoms with van der Waals surface area (Å²) in [6, 6.07) is 7.86. The summed E-state index contributed by atoms with van der Waals surface area (Å²) in [5.41, 5.74) is -1.12. The number of benzene rings is 1. The van der Waals surface area contributed by atoms with E-state index >= 15 is 0 Å². The van der Waals surface area contributed by atoms with Crippen LogP contribution in [0.5, 0.6) is 0 Å². The monoisotopic (exact) mass is 358 g/mol. The van der Waals surface area contributed by atoms with Crippen molar-refractivity contribution in [2.45, 2.75) is 63.8 Å². The fraction of sp³-hybridized carbons (Fsp3) is 0.625. The van der Waals surface area contributed by atoms with Gasteiger partial charge in [-0.15, -0.1) is 0 Å². The van der Waals surface area contributed by atoms with E-state index in [2.05, 4.69) is 15.9 Å². The third kappa shape index (κ3) is 4.05. The Hall–Kier alpha value is -0.460. The molecule has 0 spiro atoms. The zero-order valence-electron chi connectivity index (χ0n) is 12.8. The van der Waals surface area contributed by atoms with Gasteiger partial charge in [-0.05, 0) is 39.3 Å². The molecule has 1 fully saturated rings. The Morgan fingerprint density at radius 2 is 1.48 bits per heavy atom. The molecule has 1 aromatic carbocycles. The summed E-state index contributed by atoms with van der Waals surface area (Å²) in [6.07, 6.45) is -1.09. The van der Waals surface area contributed by atoms with Gasteiger partial charge in [-0.25, -0.2) is 0 Å². The predicted octanol–water partition coefficient (Wildman–Crippen LogP) is 2.64. The first kappa shape index (κ1) is 16.9. The molecular formula is C16H23BrO4. The number of hydrogen-bond acceptors (Lipinski definition) is 4. The molecule has 0 unspecified atom stereocenters. The third-order valence-corrected chi connectivity index (χ3v) is 4.38. The highest BCUT2D eigenvalue weighted by Crippen LogP contribution is 2.35. The van der Waals surface area contributed by atoms with Gasteiger partial charge in [0.15, 0.2) is 6.29 Å². The van der Waals surface area contributed by atoms with Crippen LogP contribution in [0.2, 0.25) is 0 Å². The van der Waals surface area contributed by atoms with Crippen molar-refractivity contribution < 1.29 is 19.7 Å². The van der Waals surface area contributed by atoms with E-state index in [-0.39, 0.29) is 0 Å². The average molecular weight is 359 g/mol. The molecule has 0 radical (unpaired) electrons. The molecule has 0 aliphatic carbocycles. The maximum absolute atomic E-state index is 10.3. The Morgan fingerprint density at radius 1 is 1.00 bits per heavy atom. The van der Waals surface area contributed by atoms with Crippen LogP contribution >= 0.6 is 15.9 Å². The highest BCUT2D eigenvalue weighted by molar-refractivity contribution is 9.10. The van der Waals surface area contributed by atoms with Gasteiger partial charge in [0.25, 0.3) is 0 Å². The average Bonchev–Trinajstić information content (AvgIpc) is 2.76. The lowest BCUT2D eigenvalue weighted by Gasteiger charge is -2.34. The molecule has 0 bridgehead atoms. The minimum atomic E-state index is -1.09. The molecule has 1 saturated heterocycles. The van der Waals surface area contributed by atoms with Crippen LogP contribution in [0.3, 0.4) is 0 Å². The maximum atomic E-state index is 10.3. The van der Waals surface area contributed by atoms with Gasteiger partial charge < -0.3 is 19.7 Å². The lowest BCUT2D eigenvalue weighted by molar-refractivity contribution is -0.107. The Bertz CT molecular complexity index is 468. The van der Waals surface area contributed by atoms with E-state index in [1.54, 1.807) is 27.7 Å². The molecule has 1 heterocycles. The lowest BCUT2D eigenvalue weighted by Crippen LogP contribution is -2.51. The van der Waals surface area contributed by atoms with Crippen LogP contribution in [-0.2, 0) is 15.9 Å². The van der Waals surface area contributed by atoms with Crippen molar-refractivity contribution in [3.63, 3.8) is 0 Å². The predicted molar refractivity (Wildman–Crippen MR) is 84.0 cm³/mol. The van der Waals surface area contributed by atoms with Gasteiger partial charge >= 0.3 is 0 Å². The molecule has 1 aliphatic rings. The quantitative estimate of drug-likeness (QED) is 0.868. The molecule has 0 saturated carbocycles. The molecule has 118 valence electrons. The van der Waals surface area contributed by atoms with Crippen molar-refractivity contribution in [2.75, 3.05) is 0 Å². The second kappa shape index (κ2) is 5.97. The topological polar surface area (TPSA) is 58.9 Å². The molecule has 1 aromatic rings. The van der Waals surface area contributed by atoms with Crippen molar-refractivity contribution in [1.29, 1.82) is 0 Å². The highest BCUT2D eigenvalue weighted by atomic mass is 79.9. The Morgan fingerprint density at radius 3 is 1.90 bits per heavy atom. The van der Waals surface area contributed by atoms with Gasteiger partial charge in [0, 0.05) is 10.9 Å². The molecule has 0 amide bonds. The number of ether oxygens (including phenoxy) is 2. The summed E-state index contributed by atoms with van der Waals surface area (Å²) >= 11 is 3.50. The van der Waals surface area contributed by atoms with Crippen LogP contribution < -0.4 is 0 Å². The summed E-state index contributed by atoms with van der Waals surface area (Å²) in [5, 5.41) is 20.5. The molecular weight excluding hydrogens is 336 g/mol. The van der Waals surface area contributed by atoms with E-state index in [0.717, 1.165) is 10.0 Å². The molecule has 2 rings (SSSR count). The van der Waals surface area contributed by atoms with E-state index in [4.69, 9.17) is 9.47 Å². The van der Waals surface area contributed by atoms with Gasteiger partial charge in [-0.3, -0.25) is 0 Å². The smallest absolute Gasteiger partial charge is 0.162 e. The maximum Gasteiger partial charge on any atom is 0.162 e. The van der Waals surface area contributed by atoms with Gasteiger partial charge in [-0.1, -0.05) is 34.1 Å². The number of rotatable bonds is 4. The standard InChI is InChI=1S/C16H23BrO4/c1-15(2,18)13-14(16(3,4)19)21-12(20-13)9-10-7-5-6-8-11(10)17/h5-8,12-14,18-19H,9H2,1-4H3/t13-,14-/m1/s1. The van der Waals surface area contributed by atoms with E-state index in [0.29, 0.717) is 6.42 Å². The van der Waals surface area contributed by atoms with Crippen LogP contribution in [0, 0.1) is 0 Å². The first-order valence-corrected chi connectivity index (χ1v) is 7.87. The minimum Gasteiger partial charge on any atom is -0.388 e. The summed E-state index contributed by atoms with van der Waals surface area (Å²) in [6.45, 7) is 6.67. The summed E-state index contributed by atoms with van der Waals surface area (Å²) in [4.78, 5) is 0. The van der Waals surface area contributed by atoms with Gasteiger partial charge in [-0.2, -0.15) is 0 Å². The van der Waals surface area contributed by atoms with Gasteiger partial charge in [0.05, 0.1) is 11.2 Å². The van der Waals surface area contributed by atoms with Crippen LogP contribution in [0.25, 0.3) is 0 Å². The van der Waals surface area contributed by atoms with Crippen molar-refractivity contribution in [1.82, 2.24) is 0 Å². The van der Waals surface area contributed by atoms with Gasteiger partial charge in [0.1, 0.15) is 12.2 Å². The fourth-order valence-electron chi connectivity index (χ4n) is 2.52. The first-order valence-electron chi connectivity index (χ1n) is 7.08. The van der Waals surface area contributed by atoms with Crippen molar-refractivity contribution in [3.8, 4) is 0 Å². The normalized spacial score (nSPS) is 24.5. The minimum absolute atomic E-state index is 0.489. The van der Waals surface area contributed by atoms with Crippen molar-refractivity contribution in [2.24, 2.45) is 0 Å². The Labute approximate surface area is 134 Å². The highest BCUT2D eigenvalue weighted by Gasteiger charge is 2.50. The molecule has 2 atom stereocenters. The SMILES string of the molecule is CC(C)(O)[C@@H]1OC(Cc2ccccc2Br)O[C@H]1C(C)(C)O. The molecule has 5 heteroatoms. The first-order chi connectivity index (χ1) is 9.59. The molecule has 0 aromatic heterocycles. The molecule has 21 heavy (non-hydrogen) atoms. The van der Waals surface area contributed by atoms with Crippen LogP contribution in [0.15, 0.2) is 28.7 Å². The van der Waals surface area contributed by atoms with Gasteiger partial charge in [0.2, 0.25) is 0 Å². The molecule has 4 nitrogen and oxygen atoms in total. The van der Waals surface area contributed by atoms with E-state index in [1.165, 1.54) is 0 Å². The third-order valence-electron chi connectivity index (χ3n) is 3.61. The van der Waals surface area contributed by atoms with E-state index in [1.807, 2.05) is 24.3 Å². The van der Waals surface area contributed by atoms with E-state index in [9.17, 15) is 10.2 Å². The summed E-state index contributed by atoms with van der Waals surface area (Å²) in [7, 11) is 0. The second-order valence-corrected chi connectivity index (χ2v) is 7.50. The number of halogens is 1. The second-order valence-electron chi connectivity index (χ2n) is 6.65. The van der Waals surface area contributed by atoms with Crippen LogP contribution in [-0.4, -0.2) is 39.9 Å². The summed E-state index contributed by atoms with van der Waals surface area (Å²) in [5.74, 6) is 0. The zero-order chi connectivity index (χ0) is 15.8. The largest absolute Gasteiger partial charge is 0.388 e. The molecule has 2 N–H and O–H groups in total. The molecule has 1 aliphatic heterocycles. The Balaban J connectivity index is 2.16. The fourth-order valence-corrected chi connectivity index (χ4v) is 2.96. The summed E-state index contributed by atoms with van der Waals surface area (Å²) < 4.78 is 12.7. The van der Waals surface area contributed by atoms with E-state index < -0.39 is 29.7 Å². The van der Waals surface area contributed by atoms with Crippen molar-refractivity contribution in [3.05, 3.63) is 34.3 Å². The number of aliphatic hydroxyl groups is 2. The lowest BCUT2D eigenvalue weighted by atomic mass is 9.88. The van der Waals surface area contributed by atoms with Crippen LogP contribution in [0.4, 0.5) is 0 Å². The number of hydrogen-bond donors (Lipinski definition) is 2. The Kier molecular flexibility index (Phi) is 4.81.